The van der Waals surface area contributed by atoms with E-state index in [2.05, 4.69) is 25.2 Å². The van der Waals surface area contributed by atoms with Crippen LogP contribution in [-0.4, -0.2) is 32.1 Å². The van der Waals surface area contributed by atoms with Crippen molar-refractivity contribution in [1.82, 2.24) is 5.32 Å². The first kappa shape index (κ1) is 17.3. The maximum absolute atomic E-state index is 12.2. The van der Waals surface area contributed by atoms with Gasteiger partial charge in [0, 0.05) is 13.5 Å². The lowest BCUT2D eigenvalue weighted by Gasteiger charge is -2.29. The second kappa shape index (κ2) is 10.3. The summed E-state index contributed by atoms with van der Waals surface area (Å²) in [6, 6.07) is -0.193. The summed E-state index contributed by atoms with van der Waals surface area (Å²) < 4.78 is 5.55. The molecule has 1 N–H and O–H groups in total. The van der Waals surface area contributed by atoms with Gasteiger partial charge in [0.2, 0.25) is 0 Å². The number of methoxy groups -OCH3 is 1. The molecule has 0 amide bonds. The van der Waals surface area contributed by atoms with Crippen molar-refractivity contribution >= 4 is 5.78 Å². The Morgan fingerprint density at radius 3 is 2.56 bits per heavy atom. The van der Waals surface area contributed by atoms with Gasteiger partial charge in [0.1, 0.15) is 0 Å². The maximum Gasteiger partial charge on any atom is 0.152 e. The summed E-state index contributed by atoms with van der Waals surface area (Å²) in [5.41, 5.74) is 0. The van der Waals surface area contributed by atoms with E-state index in [0.29, 0.717) is 12.3 Å². The minimum absolute atomic E-state index is 0.0597. The third kappa shape index (κ3) is 5.78. The summed E-state index contributed by atoms with van der Waals surface area (Å²) in [5, 5.41) is 3.12. The first-order valence-corrected chi connectivity index (χ1v) is 6.96. The standard InChI is InChI=1S/C15H29NO2/c1-6-8-10-12(3)15(18-5)14(16-4)13(17)11-9-7-2/h6,8,12,14-16H,7,9-11H2,1-5H3/b8-6+/t12-,14-,15-/m1/s1. The van der Waals surface area contributed by atoms with Crippen molar-refractivity contribution in [3.8, 4) is 0 Å². The van der Waals surface area contributed by atoms with Gasteiger partial charge in [-0.2, -0.15) is 0 Å². The highest BCUT2D eigenvalue weighted by atomic mass is 16.5. The number of hydrogen-bond donors (Lipinski definition) is 1. The fraction of sp³-hybridized carbons (Fsp3) is 0.800. The number of ether oxygens (including phenoxy) is 1. The van der Waals surface area contributed by atoms with E-state index in [1.165, 1.54) is 0 Å². The molecule has 0 aromatic rings. The fourth-order valence-electron chi connectivity index (χ4n) is 2.20. The van der Waals surface area contributed by atoms with Gasteiger partial charge in [-0.3, -0.25) is 4.79 Å². The van der Waals surface area contributed by atoms with E-state index in [-0.39, 0.29) is 17.9 Å². The molecule has 0 saturated heterocycles. The first-order valence-electron chi connectivity index (χ1n) is 6.96. The molecule has 0 aromatic carbocycles. The minimum atomic E-state index is -0.193. The number of hydrogen-bond acceptors (Lipinski definition) is 3. The molecule has 0 unspecified atom stereocenters. The Labute approximate surface area is 112 Å². The zero-order valence-corrected chi connectivity index (χ0v) is 12.5. The van der Waals surface area contributed by atoms with Gasteiger partial charge in [-0.05, 0) is 32.7 Å². The molecule has 0 spiro atoms. The molecule has 106 valence electrons. The van der Waals surface area contributed by atoms with Gasteiger partial charge in [0.05, 0.1) is 12.1 Å². The lowest BCUT2D eigenvalue weighted by Crippen LogP contribution is -2.48. The molecule has 3 heteroatoms. The molecular weight excluding hydrogens is 226 g/mol. The predicted molar refractivity (Wildman–Crippen MR) is 76.8 cm³/mol. The predicted octanol–water partition coefficient (Wildman–Crippen LogP) is 2.95. The van der Waals surface area contributed by atoms with Crippen molar-refractivity contribution in [2.24, 2.45) is 5.92 Å². The second-order valence-electron chi connectivity index (χ2n) is 4.82. The Balaban J connectivity index is 4.59. The number of nitrogens with one attached hydrogen (secondary N) is 1. The molecule has 0 aromatic heterocycles. The zero-order chi connectivity index (χ0) is 14.0. The fourth-order valence-corrected chi connectivity index (χ4v) is 2.20. The number of carbonyl (C=O) groups excluding carboxylic acids is 1. The van der Waals surface area contributed by atoms with Gasteiger partial charge in [-0.25, -0.2) is 0 Å². The van der Waals surface area contributed by atoms with Gasteiger partial charge < -0.3 is 10.1 Å². The third-order valence-electron chi connectivity index (χ3n) is 3.34. The molecule has 0 aliphatic rings. The number of ketones is 1. The Morgan fingerprint density at radius 2 is 2.11 bits per heavy atom. The highest BCUT2D eigenvalue weighted by Crippen LogP contribution is 2.17. The molecule has 3 atom stereocenters. The van der Waals surface area contributed by atoms with Crippen molar-refractivity contribution in [3.63, 3.8) is 0 Å². The van der Waals surface area contributed by atoms with Crippen molar-refractivity contribution in [1.29, 1.82) is 0 Å². The van der Waals surface area contributed by atoms with E-state index < -0.39 is 0 Å². The van der Waals surface area contributed by atoms with E-state index in [4.69, 9.17) is 4.74 Å². The minimum Gasteiger partial charge on any atom is -0.379 e. The van der Waals surface area contributed by atoms with Crippen molar-refractivity contribution in [3.05, 3.63) is 12.2 Å². The van der Waals surface area contributed by atoms with Gasteiger partial charge in [0.25, 0.3) is 0 Å². The average molecular weight is 255 g/mol. The van der Waals surface area contributed by atoms with Gasteiger partial charge in [-0.1, -0.05) is 32.4 Å². The molecule has 3 nitrogen and oxygen atoms in total. The van der Waals surface area contributed by atoms with Gasteiger partial charge in [-0.15, -0.1) is 0 Å². The highest BCUT2D eigenvalue weighted by molar-refractivity contribution is 5.84. The Morgan fingerprint density at radius 1 is 1.44 bits per heavy atom. The molecule has 0 rings (SSSR count). The highest BCUT2D eigenvalue weighted by Gasteiger charge is 2.29. The van der Waals surface area contributed by atoms with Crippen molar-refractivity contribution in [2.75, 3.05) is 14.2 Å². The molecule has 18 heavy (non-hydrogen) atoms. The van der Waals surface area contributed by atoms with Crippen LogP contribution in [0.5, 0.6) is 0 Å². The van der Waals surface area contributed by atoms with Crippen LogP contribution in [0, 0.1) is 5.92 Å². The number of carbonyl (C=O) groups is 1. The molecule has 0 saturated carbocycles. The lowest BCUT2D eigenvalue weighted by molar-refractivity contribution is -0.125. The quantitative estimate of drug-likeness (QED) is 0.610. The van der Waals surface area contributed by atoms with Crippen LogP contribution in [0.1, 0.15) is 46.5 Å². The van der Waals surface area contributed by atoms with E-state index in [1.807, 2.05) is 20.0 Å². The molecule has 0 fully saturated rings. The number of rotatable bonds is 10. The molecule has 0 aliphatic carbocycles. The monoisotopic (exact) mass is 255 g/mol. The number of unbranched alkanes of at least 4 members (excludes halogenated alkanes) is 1. The SMILES string of the molecule is C/C=C/C[C@@H](C)[C@@H](OC)[C@H](NC)C(=O)CCCC. The second-order valence-corrected chi connectivity index (χ2v) is 4.82. The topological polar surface area (TPSA) is 38.3 Å². The molecule has 0 aliphatic heterocycles. The normalized spacial score (nSPS) is 16.7. The largest absolute Gasteiger partial charge is 0.379 e. The maximum atomic E-state index is 12.2. The summed E-state index contributed by atoms with van der Waals surface area (Å²) in [6.07, 6.45) is 7.68. The summed E-state index contributed by atoms with van der Waals surface area (Å²) in [6.45, 7) is 6.24. The Kier molecular flexibility index (Phi) is 9.89. The Hall–Kier alpha value is -0.670. The first-order chi connectivity index (χ1) is 8.62. The van der Waals surface area contributed by atoms with E-state index >= 15 is 0 Å². The van der Waals surface area contributed by atoms with Crippen molar-refractivity contribution < 1.29 is 9.53 Å². The number of allylic oxidation sites excluding steroid dienone is 2. The van der Waals surface area contributed by atoms with Crippen LogP contribution in [0.4, 0.5) is 0 Å². The molecule has 0 radical (unpaired) electrons. The Bertz CT molecular complexity index is 251. The molecular formula is C15H29NO2. The molecule has 0 bridgehead atoms. The summed E-state index contributed by atoms with van der Waals surface area (Å²) in [7, 11) is 3.52. The van der Waals surface area contributed by atoms with Crippen LogP contribution in [0.3, 0.4) is 0 Å². The van der Waals surface area contributed by atoms with E-state index in [0.717, 1.165) is 19.3 Å². The van der Waals surface area contributed by atoms with Gasteiger partial charge >= 0.3 is 0 Å². The van der Waals surface area contributed by atoms with Crippen LogP contribution in [-0.2, 0) is 9.53 Å². The van der Waals surface area contributed by atoms with Crippen LogP contribution < -0.4 is 5.32 Å². The van der Waals surface area contributed by atoms with Crippen LogP contribution in [0.25, 0.3) is 0 Å². The third-order valence-corrected chi connectivity index (χ3v) is 3.34. The van der Waals surface area contributed by atoms with E-state index in [9.17, 15) is 4.79 Å². The molecule has 0 heterocycles. The van der Waals surface area contributed by atoms with E-state index in [1.54, 1.807) is 7.11 Å². The number of likely N-dealkylation sites (N-methyl/N-ethyl adjacent to an activating group) is 1. The van der Waals surface area contributed by atoms with Crippen LogP contribution >= 0.6 is 0 Å². The zero-order valence-electron chi connectivity index (χ0n) is 12.5. The number of Topliss-reactive ketones (excluding diaryl/α,β-unsaturated/α-hetero) is 1. The summed E-state index contributed by atoms with van der Waals surface area (Å²) in [5.74, 6) is 0.591. The van der Waals surface area contributed by atoms with Crippen LogP contribution in [0.2, 0.25) is 0 Å². The lowest BCUT2D eigenvalue weighted by atomic mass is 9.90. The van der Waals surface area contributed by atoms with Crippen molar-refractivity contribution in [2.45, 2.75) is 58.6 Å². The summed E-state index contributed by atoms with van der Waals surface area (Å²) >= 11 is 0. The average Bonchev–Trinajstić information content (AvgIpc) is 2.39. The van der Waals surface area contributed by atoms with Crippen LogP contribution in [0.15, 0.2) is 12.2 Å². The summed E-state index contributed by atoms with van der Waals surface area (Å²) in [4.78, 5) is 12.2. The van der Waals surface area contributed by atoms with Gasteiger partial charge in [0.15, 0.2) is 5.78 Å². The smallest absolute Gasteiger partial charge is 0.152 e.